The maximum atomic E-state index is 12.8. The molecule has 0 saturated carbocycles. The van der Waals surface area contributed by atoms with Gasteiger partial charge in [0, 0.05) is 4.90 Å². The van der Waals surface area contributed by atoms with Crippen LogP contribution in [0.3, 0.4) is 0 Å². The lowest BCUT2D eigenvalue weighted by Gasteiger charge is -2.15. The summed E-state index contributed by atoms with van der Waals surface area (Å²) in [4.78, 5) is 0.795. The average molecular weight is 509 g/mol. The van der Waals surface area contributed by atoms with E-state index in [2.05, 4.69) is 9.44 Å². The minimum absolute atomic E-state index is 0.0301. The summed E-state index contributed by atoms with van der Waals surface area (Å²) in [7, 11) is -7.93. The molecule has 2 aromatic carbocycles. The second kappa shape index (κ2) is 8.75. The summed E-state index contributed by atoms with van der Waals surface area (Å²) < 4.78 is 55.7. The van der Waals surface area contributed by atoms with Crippen molar-refractivity contribution in [2.45, 2.75) is 14.0 Å². The van der Waals surface area contributed by atoms with Gasteiger partial charge in [-0.15, -0.1) is 23.1 Å². The van der Waals surface area contributed by atoms with Gasteiger partial charge in [-0.3, -0.25) is 9.44 Å². The number of benzene rings is 2. The first-order valence-electron chi connectivity index (χ1n) is 7.84. The summed E-state index contributed by atoms with van der Waals surface area (Å²) in [5.74, 6) is 0. The van der Waals surface area contributed by atoms with Crippen LogP contribution in [-0.4, -0.2) is 23.1 Å². The average Bonchev–Trinajstić information content (AvgIpc) is 3.21. The second-order valence-electron chi connectivity index (χ2n) is 5.63. The first kappa shape index (κ1) is 22.3. The number of thioether (sulfide) groups is 1. The number of thiophene rings is 1. The normalized spacial score (nSPS) is 12.0. The van der Waals surface area contributed by atoms with E-state index >= 15 is 0 Å². The van der Waals surface area contributed by atoms with E-state index in [1.54, 1.807) is 23.6 Å². The summed E-state index contributed by atoms with van der Waals surface area (Å²) in [6.07, 6.45) is 1.83. The smallest absolute Gasteiger partial charge is 0.271 e. The predicted molar refractivity (Wildman–Crippen MR) is 121 cm³/mol. The summed E-state index contributed by atoms with van der Waals surface area (Å²) in [5, 5.41) is 1.76. The molecule has 0 atom stereocenters. The Morgan fingerprint density at radius 2 is 1.48 bits per heavy atom. The Morgan fingerprint density at radius 1 is 0.862 bits per heavy atom. The molecule has 1 aromatic heterocycles. The fraction of sp³-hybridized carbons (Fsp3) is 0.0588. The zero-order valence-corrected chi connectivity index (χ0v) is 19.5. The van der Waals surface area contributed by atoms with Crippen LogP contribution in [-0.2, 0) is 20.0 Å². The van der Waals surface area contributed by atoms with Gasteiger partial charge in [-0.25, -0.2) is 16.8 Å². The van der Waals surface area contributed by atoms with Gasteiger partial charge in [0.1, 0.15) is 4.21 Å². The maximum absolute atomic E-state index is 12.8. The van der Waals surface area contributed by atoms with Crippen molar-refractivity contribution >= 4 is 77.7 Å². The van der Waals surface area contributed by atoms with Crippen LogP contribution in [0.4, 0.5) is 11.4 Å². The number of halogens is 2. The number of sulfonamides is 2. The van der Waals surface area contributed by atoms with Gasteiger partial charge in [-0.2, -0.15) is 0 Å². The molecule has 0 aliphatic heterocycles. The number of anilines is 2. The molecular weight excluding hydrogens is 495 g/mol. The fourth-order valence-corrected chi connectivity index (χ4v) is 6.34. The third-order valence-electron chi connectivity index (χ3n) is 3.66. The first-order valence-corrected chi connectivity index (χ1v) is 13.7. The Labute approximate surface area is 187 Å². The van der Waals surface area contributed by atoms with Crippen molar-refractivity contribution in [1.29, 1.82) is 0 Å². The third kappa shape index (κ3) is 5.19. The van der Waals surface area contributed by atoms with Gasteiger partial charge in [-0.1, -0.05) is 35.3 Å². The molecule has 0 saturated heterocycles. The summed E-state index contributed by atoms with van der Waals surface area (Å²) in [6.45, 7) is 0. The highest BCUT2D eigenvalue weighted by Crippen LogP contribution is 2.35. The number of hydrogen-bond donors (Lipinski definition) is 2. The van der Waals surface area contributed by atoms with E-state index in [9.17, 15) is 16.8 Å². The molecule has 0 amide bonds. The molecule has 6 nitrogen and oxygen atoms in total. The van der Waals surface area contributed by atoms with Gasteiger partial charge in [0.05, 0.1) is 26.3 Å². The van der Waals surface area contributed by atoms with Gasteiger partial charge < -0.3 is 0 Å². The van der Waals surface area contributed by atoms with Gasteiger partial charge in [0.2, 0.25) is 0 Å². The fourth-order valence-electron chi connectivity index (χ4n) is 2.30. The molecule has 154 valence electrons. The summed E-state index contributed by atoms with van der Waals surface area (Å²) in [5.41, 5.74) is -0.0912. The van der Waals surface area contributed by atoms with Gasteiger partial charge in [0.15, 0.2) is 0 Å². The largest absolute Gasteiger partial charge is 0.277 e. The van der Waals surface area contributed by atoms with E-state index in [0.29, 0.717) is 0 Å². The second-order valence-corrected chi connectivity index (χ2v) is 11.9. The van der Waals surface area contributed by atoms with Crippen LogP contribution in [0.25, 0.3) is 0 Å². The molecular formula is C17H14Cl2N2O4S4. The molecule has 0 radical (unpaired) electrons. The van der Waals surface area contributed by atoms with Crippen molar-refractivity contribution in [3.8, 4) is 0 Å². The molecule has 2 N–H and O–H groups in total. The minimum Gasteiger partial charge on any atom is -0.277 e. The highest BCUT2D eigenvalue weighted by Gasteiger charge is 2.22. The van der Waals surface area contributed by atoms with Gasteiger partial charge in [0.25, 0.3) is 20.0 Å². The Hall–Kier alpha value is -1.43. The first-order chi connectivity index (χ1) is 13.6. The van der Waals surface area contributed by atoms with Crippen LogP contribution in [0.1, 0.15) is 0 Å². The van der Waals surface area contributed by atoms with Gasteiger partial charge >= 0.3 is 0 Å². The summed E-state index contributed by atoms with van der Waals surface area (Å²) in [6, 6.07) is 11.9. The van der Waals surface area contributed by atoms with Crippen LogP contribution < -0.4 is 9.44 Å². The van der Waals surface area contributed by atoms with Crippen LogP contribution in [0.2, 0.25) is 10.0 Å². The highest BCUT2D eigenvalue weighted by atomic mass is 35.5. The van der Waals surface area contributed by atoms with E-state index in [1.807, 2.05) is 6.26 Å². The standard InChI is InChI=1S/C17H14Cl2N2O4S4/c1-26-11-4-2-5-12(8-11)28(22,23)20-15-9-13(18)14(19)10-16(15)21-29(24,25)17-6-3-7-27-17/h2-10,20-21H,1H3. The number of rotatable bonds is 7. The topological polar surface area (TPSA) is 92.3 Å². The predicted octanol–water partition coefficient (Wildman–Crippen LogP) is 5.38. The maximum Gasteiger partial charge on any atom is 0.271 e. The van der Waals surface area contributed by atoms with E-state index < -0.39 is 20.0 Å². The van der Waals surface area contributed by atoms with Crippen LogP contribution >= 0.6 is 46.3 Å². The highest BCUT2D eigenvalue weighted by molar-refractivity contribution is 7.98. The van der Waals surface area contributed by atoms with Crippen molar-refractivity contribution in [3.63, 3.8) is 0 Å². The molecule has 12 heteroatoms. The number of nitrogens with one attached hydrogen (secondary N) is 2. The lowest BCUT2D eigenvalue weighted by Crippen LogP contribution is -2.17. The lowest BCUT2D eigenvalue weighted by atomic mass is 10.3. The van der Waals surface area contributed by atoms with Crippen molar-refractivity contribution in [3.05, 3.63) is 64.0 Å². The van der Waals surface area contributed by atoms with E-state index in [1.165, 1.54) is 42.1 Å². The summed E-state index contributed by atoms with van der Waals surface area (Å²) >= 11 is 14.5. The Kier molecular flexibility index (Phi) is 6.71. The van der Waals surface area contributed by atoms with Gasteiger partial charge in [-0.05, 0) is 48.0 Å². The van der Waals surface area contributed by atoms with E-state index in [4.69, 9.17) is 23.2 Å². The molecule has 0 unspecified atom stereocenters. The van der Waals surface area contributed by atoms with Crippen LogP contribution in [0, 0.1) is 0 Å². The Morgan fingerprint density at radius 3 is 2.03 bits per heavy atom. The van der Waals surface area contributed by atoms with Crippen molar-refractivity contribution in [2.24, 2.45) is 0 Å². The van der Waals surface area contributed by atoms with Crippen LogP contribution in [0.5, 0.6) is 0 Å². The Bertz CT molecular complexity index is 1240. The molecule has 3 aromatic rings. The molecule has 0 bridgehead atoms. The van der Waals surface area contributed by atoms with Crippen molar-refractivity contribution < 1.29 is 16.8 Å². The van der Waals surface area contributed by atoms with Crippen molar-refractivity contribution in [2.75, 3.05) is 15.7 Å². The molecule has 1 heterocycles. The SMILES string of the molecule is CSc1cccc(S(=O)(=O)Nc2cc(Cl)c(Cl)cc2NS(=O)(=O)c2cccs2)c1. The van der Waals surface area contributed by atoms with E-state index in [0.717, 1.165) is 16.2 Å². The van der Waals surface area contributed by atoms with E-state index in [-0.39, 0.29) is 30.5 Å². The molecule has 3 rings (SSSR count). The van der Waals surface area contributed by atoms with Crippen molar-refractivity contribution in [1.82, 2.24) is 0 Å². The molecule has 0 fully saturated rings. The third-order valence-corrected chi connectivity index (χ3v) is 9.23. The zero-order valence-electron chi connectivity index (χ0n) is 14.7. The Balaban J connectivity index is 2.02. The zero-order chi connectivity index (χ0) is 21.2. The van der Waals surface area contributed by atoms with Crippen LogP contribution in [0.15, 0.2) is 67.9 Å². The molecule has 0 aliphatic rings. The molecule has 0 aliphatic carbocycles. The minimum atomic E-state index is -4.00. The molecule has 29 heavy (non-hydrogen) atoms. The quantitative estimate of drug-likeness (QED) is 0.418. The monoisotopic (exact) mass is 508 g/mol. The number of hydrogen-bond acceptors (Lipinski definition) is 6. The molecule has 0 spiro atoms. The lowest BCUT2D eigenvalue weighted by molar-refractivity contribution is 0.599.